The summed E-state index contributed by atoms with van der Waals surface area (Å²) in [5.74, 6) is -0.531. The predicted octanol–water partition coefficient (Wildman–Crippen LogP) is 3.51. The Morgan fingerprint density at radius 1 is 1.18 bits per heavy atom. The summed E-state index contributed by atoms with van der Waals surface area (Å²) < 4.78 is 28.7. The molecular formula is C20H20N2O4S2. The average Bonchev–Trinajstić information content (AvgIpc) is 3.26. The number of nitrogens with zero attached hydrogens (tertiary/aromatic N) is 2. The molecule has 0 saturated carbocycles. The molecule has 0 spiro atoms. The molecule has 1 aromatic carbocycles. The van der Waals surface area contributed by atoms with Gasteiger partial charge in [0.15, 0.2) is 0 Å². The fourth-order valence-electron chi connectivity index (χ4n) is 3.77. The van der Waals surface area contributed by atoms with Crippen molar-refractivity contribution in [3.8, 4) is 0 Å². The van der Waals surface area contributed by atoms with E-state index in [0.29, 0.717) is 12.1 Å². The molecule has 0 saturated heterocycles. The number of benzene rings is 1. The summed E-state index contributed by atoms with van der Waals surface area (Å²) in [5, 5.41) is 13.0. The van der Waals surface area contributed by atoms with Crippen molar-refractivity contribution >= 4 is 33.0 Å². The number of hydrogen-bond donors (Lipinski definition) is 1. The van der Waals surface area contributed by atoms with Crippen molar-refractivity contribution in [1.29, 1.82) is 0 Å². The van der Waals surface area contributed by atoms with E-state index in [4.69, 9.17) is 0 Å². The maximum absolute atomic E-state index is 13.3. The predicted molar refractivity (Wildman–Crippen MR) is 108 cm³/mol. The van der Waals surface area contributed by atoms with Crippen molar-refractivity contribution in [3.63, 3.8) is 0 Å². The van der Waals surface area contributed by atoms with Gasteiger partial charge in [-0.15, -0.1) is 11.3 Å². The lowest BCUT2D eigenvalue weighted by Crippen LogP contribution is -2.43. The van der Waals surface area contributed by atoms with Crippen molar-refractivity contribution in [3.05, 3.63) is 63.6 Å². The maximum atomic E-state index is 13.3. The Morgan fingerprint density at radius 2 is 1.89 bits per heavy atom. The van der Waals surface area contributed by atoms with Crippen LogP contribution in [-0.2, 0) is 21.4 Å². The number of carbonyl (C=O) groups excluding carboxylic acids is 1. The van der Waals surface area contributed by atoms with Crippen molar-refractivity contribution in [2.24, 2.45) is 9.81 Å². The highest BCUT2D eigenvalue weighted by Gasteiger charge is 2.48. The van der Waals surface area contributed by atoms with Gasteiger partial charge in [0, 0.05) is 10.4 Å². The van der Waals surface area contributed by atoms with Crippen molar-refractivity contribution < 1.29 is 18.3 Å². The van der Waals surface area contributed by atoms with Gasteiger partial charge in [-0.2, -0.15) is 12.8 Å². The zero-order chi connectivity index (χ0) is 20.3. The first-order valence-corrected chi connectivity index (χ1v) is 11.1. The highest BCUT2D eigenvalue weighted by molar-refractivity contribution is 7.90. The third-order valence-corrected chi connectivity index (χ3v) is 7.09. The zero-order valence-electron chi connectivity index (χ0n) is 15.7. The van der Waals surface area contributed by atoms with Crippen LogP contribution in [0.15, 0.2) is 62.4 Å². The molecule has 1 N–H and O–H groups in total. The standard InChI is InChI=1S/C20H20N2O4S2/c1-20(2,3)18-17(23)15(19(24)22(18)11-12-7-6-10-27-12)16-13-8-4-5-9-14(13)28(25,26)21-16/h4-10,18,23H,11H2,1-3H3/t18-/m1/s1. The number of aliphatic hydroxyl groups is 1. The number of amides is 1. The molecule has 0 unspecified atom stereocenters. The Hall–Kier alpha value is -2.45. The van der Waals surface area contributed by atoms with Crippen LogP contribution in [0.3, 0.4) is 0 Å². The lowest BCUT2D eigenvalue weighted by atomic mass is 9.85. The molecule has 2 aliphatic rings. The third kappa shape index (κ3) is 2.87. The van der Waals surface area contributed by atoms with Gasteiger partial charge in [-0.3, -0.25) is 4.79 Å². The molecule has 146 valence electrons. The minimum atomic E-state index is -3.89. The van der Waals surface area contributed by atoms with Crippen LogP contribution in [0.2, 0.25) is 0 Å². The summed E-state index contributed by atoms with van der Waals surface area (Å²) in [6.07, 6.45) is 0. The number of hydrogen-bond acceptors (Lipinski definition) is 5. The molecule has 2 aromatic rings. The molecule has 4 rings (SSSR count). The molecule has 2 aliphatic heterocycles. The van der Waals surface area contributed by atoms with Gasteiger partial charge in [-0.25, -0.2) is 0 Å². The van der Waals surface area contributed by atoms with E-state index < -0.39 is 27.4 Å². The maximum Gasteiger partial charge on any atom is 0.283 e. The normalized spacial score (nSPS) is 21.2. The number of fused-ring (bicyclic) bond motifs is 1. The smallest absolute Gasteiger partial charge is 0.283 e. The topological polar surface area (TPSA) is 87.0 Å². The summed E-state index contributed by atoms with van der Waals surface area (Å²) in [4.78, 5) is 16.0. The Balaban J connectivity index is 1.85. The third-order valence-electron chi connectivity index (χ3n) is 4.90. The monoisotopic (exact) mass is 416 g/mol. The van der Waals surface area contributed by atoms with E-state index >= 15 is 0 Å². The highest BCUT2D eigenvalue weighted by Crippen LogP contribution is 2.41. The van der Waals surface area contributed by atoms with Crippen LogP contribution < -0.4 is 0 Å². The summed E-state index contributed by atoms with van der Waals surface area (Å²) in [5.41, 5.74) is -0.0925. The second-order valence-corrected chi connectivity index (χ2v) is 10.6. The van der Waals surface area contributed by atoms with Gasteiger partial charge < -0.3 is 10.0 Å². The van der Waals surface area contributed by atoms with Gasteiger partial charge in [-0.05, 0) is 22.9 Å². The number of rotatable bonds is 3. The highest BCUT2D eigenvalue weighted by atomic mass is 32.2. The molecule has 3 heterocycles. The summed E-state index contributed by atoms with van der Waals surface area (Å²) in [6.45, 7) is 6.15. The van der Waals surface area contributed by atoms with Crippen LogP contribution in [0.25, 0.3) is 0 Å². The molecule has 28 heavy (non-hydrogen) atoms. The molecule has 1 amide bonds. The average molecular weight is 417 g/mol. The second kappa shape index (κ2) is 6.28. The Morgan fingerprint density at radius 3 is 2.54 bits per heavy atom. The molecular weight excluding hydrogens is 396 g/mol. The molecule has 1 aromatic heterocycles. The second-order valence-electron chi connectivity index (χ2n) is 7.95. The first-order valence-electron chi connectivity index (χ1n) is 8.82. The minimum Gasteiger partial charge on any atom is -0.509 e. The van der Waals surface area contributed by atoms with E-state index in [1.165, 1.54) is 17.4 Å². The van der Waals surface area contributed by atoms with Crippen molar-refractivity contribution in [2.75, 3.05) is 0 Å². The number of aliphatic hydroxyl groups excluding tert-OH is 1. The molecule has 6 nitrogen and oxygen atoms in total. The lowest BCUT2D eigenvalue weighted by Gasteiger charge is -2.35. The molecule has 0 aliphatic carbocycles. The van der Waals surface area contributed by atoms with Gasteiger partial charge in [0.2, 0.25) is 0 Å². The van der Waals surface area contributed by atoms with E-state index in [2.05, 4.69) is 4.40 Å². The van der Waals surface area contributed by atoms with Crippen molar-refractivity contribution in [1.82, 2.24) is 4.90 Å². The quantitative estimate of drug-likeness (QED) is 0.829. The lowest BCUT2D eigenvalue weighted by molar-refractivity contribution is -0.129. The van der Waals surface area contributed by atoms with Crippen LogP contribution in [0.4, 0.5) is 0 Å². The summed E-state index contributed by atoms with van der Waals surface area (Å²) in [6, 6.07) is 9.64. The van der Waals surface area contributed by atoms with Crippen LogP contribution in [0, 0.1) is 5.41 Å². The van der Waals surface area contributed by atoms with E-state index in [9.17, 15) is 18.3 Å². The van der Waals surface area contributed by atoms with Gasteiger partial charge in [0.25, 0.3) is 15.9 Å². The van der Waals surface area contributed by atoms with E-state index in [1.54, 1.807) is 23.1 Å². The molecule has 0 bridgehead atoms. The number of thiophene rings is 1. The van der Waals surface area contributed by atoms with Gasteiger partial charge in [-0.1, -0.05) is 45.0 Å². The molecule has 8 heteroatoms. The Bertz CT molecular complexity index is 1120. The van der Waals surface area contributed by atoms with E-state index in [0.717, 1.165) is 4.88 Å². The first kappa shape index (κ1) is 18.9. The molecule has 0 radical (unpaired) electrons. The van der Waals surface area contributed by atoms with Crippen LogP contribution >= 0.6 is 11.3 Å². The summed E-state index contributed by atoms with van der Waals surface area (Å²) >= 11 is 1.53. The van der Waals surface area contributed by atoms with Crippen LogP contribution in [-0.4, -0.2) is 36.1 Å². The van der Waals surface area contributed by atoms with Gasteiger partial charge in [0.1, 0.15) is 17.0 Å². The van der Waals surface area contributed by atoms with E-state index in [-0.39, 0.29) is 21.9 Å². The van der Waals surface area contributed by atoms with Gasteiger partial charge in [0.05, 0.1) is 17.5 Å². The minimum absolute atomic E-state index is 0.0231. The van der Waals surface area contributed by atoms with Crippen molar-refractivity contribution in [2.45, 2.75) is 38.3 Å². The van der Waals surface area contributed by atoms with Crippen LogP contribution in [0.5, 0.6) is 0 Å². The molecule has 0 fully saturated rings. The van der Waals surface area contributed by atoms with Crippen LogP contribution in [0.1, 0.15) is 31.2 Å². The Labute approximate surface area is 167 Å². The number of sulfonamides is 1. The largest absolute Gasteiger partial charge is 0.509 e. The van der Waals surface area contributed by atoms with Gasteiger partial charge >= 0.3 is 0 Å². The summed E-state index contributed by atoms with van der Waals surface area (Å²) in [7, 11) is -3.89. The fourth-order valence-corrected chi connectivity index (χ4v) is 5.70. The Kier molecular flexibility index (Phi) is 4.24. The molecule has 1 atom stereocenters. The number of carbonyl (C=O) groups is 1. The SMILES string of the molecule is CC(C)(C)[C@H]1C(O)=C(C2=NS(=O)(=O)c3ccccc32)C(=O)N1Cc1cccs1. The fraction of sp³-hybridized carbons (Fsp3) is 0.300. The first-order chi connectivity index (χ1) is 13.1. The zero-order valence-corrected chi connectivity index (χ0v) is 17.3. The van der Waals surface area contributed by atoms with E-state index in [1.807, 2.05) is 38.3 Å².